The maximum atomic E-state index is 11.0. The second-order valence-corrected chi connectivity index (χ2v) is 6.99. The Morgan fingerprint density at radius 3 is 2.50 bits per heavy atom. The van der Waals surface area contributed by atoms with E-state index in [1.54, 1.807) is 7.11 Å². The fourth-order valence-electron chi connectivity index (χ4n) is 3.91. The zero-order valence-corrected chi connectivity index (χ0v) is 14.5. The standard InChI is InChI=1S/C19H29NO4/c1-22-9-10-23-8-7-19(21)11-17-14-24-15-18(12-19)20(17)13-16-5-3-2-4-6-16/h2-6,17-18,21H,7-15H2,1H3. The van der Waals surface area contributed by atoms with Crippen molar-refractivity contribution >= 4 is 0 Å². The topological polar surface area (TPSA) is 51.2 Å². The quantitative estimate of drug-likeness (QED) is 0.735. The van der Waals surface area contributed by atoms with Gasteiger partial charge in [0, 0.05) is 32.3 Å². The molecule has 3 rings (SSSR count). The van der Waals surface area contributed by atoms with Crippen molar-refractivity contribution in [3.63, 3.8) is 0 Å². The van der Waals surface area contributed by atoms with Crippen LogP contribution in [0.1, 0.15) is 24.8 Å². The number of nitrogens with zero attached hydrogens (tertiary/aromatic N) is 1. The van der Waals surface area contributed by atoms with E-state index in [1.165, 1.54) is 5.56 Å². The van der Waals surface area contributed by atoms with Crippen molar-refractivity contribution in [3.8, 4) is 0 Å². The Morgan fingerprint density at radius 2 is 1.83 bits per heavy atom. The van der Waals surface area contributed by atoms with Crippen molar-refractivity contribution in [3.05, 3.63) is 35.9 Å². The number of fused-ring (bicyclic) bond motifs is 2. The normalized spacial score (nSPS) is 30.4. The summed E-state index contributed by atoms with van der Waals surface area (Å²) in [7, 11) is 1.67. The Morgan fingerprint density at radius 1 is 1.12 bits per heavy atom. The Kier molecular flexibility index (Phi) is 6.25. The van der Waals surface area contributed by atoms with Gasteiger partial charge in [-0.25, -0.2) is 0 Å². The highest BCUT2D eigenvalue weighted by atomic mass is 16.5. The predicted octanol–water partition coefficient (Wildman–Crippen LogP) is 1.83. The number of morpholine rings is 1. The van der Waals surface area contributed by atoms with E-state index in [0.29, 0.717) is 39.5 Å². The van der Waals surface area contributed by atoms with E-state index in [9.17, 15) is 5.11 Å². The molecule has 5 heteroatoms. The van der Waals surface area contributed by atoms with Crippen LogP contribution in [0.5, 0.6) is 0 Å². The molecule has 0 aliphatic carbocycles. The second-order valence-electron chi connectivity index (χ2n) is 6.99. The van der Waals surface area contributed by atoms with E-state index in [1.807, 2.05) is 6.07 Å². The van der Waals surface area contributed by atoms with Crippen LogP contribution in [0.4, 0.5) is 0 Å². The molecule has 2 saturated heterocycles. The van der Waals surface area contributed by atoms with Gasteiger partial charge in [-0.1, -0.05) is 30.3 Å². The highest BCUT2D eigenvalue weighted by Crippen LogP contribution is 2.37. The third-order valence-electron chi connectivity index (χ3n) is 5.14. The maximum absolute atomic E-state index is 11.0. The van der Waals surface area contributed by atoms with E-state index in [0.717, 1.165) is 19.4 Å². The summed E-state index contributed by atoms with van der Waals surface area (Å²) in [4.78, 5) is 2.51. The average Bonchev–Trinajstić information content (AvgIpc) is 2.57. The molecule has 2 unspecified atom stereocenters. The van der Waals surface area contributed by atoms with Gasteiger partial charge in [0.2, 0.25) is 0 Å². The van der Waals surface area contributed by atoms with Gasteiger partial charge in [-0.2, -0.15) is 0 Å². The molecule has 5 nitrogen and oxygen atoms in total. The van der Waals surface area contributed by atoms with Crippen LogP contribution in [0, 0.1) is 0 Å². The number of methoxy groups -OCH3 is 1. The summed E-state index contributed by atoms with van der Waals surface area (Å²) in [5.74, 6) is 0. The Hall–Kier alpha value is -0.980. The third kappa shape index (κ3) is 4.55. The summed E-state index contributed by atoms with van der Waals surface area (Å²) in [6.45, 7) is 4.11. The van der Waals surface area contributed by atoms with E-state index >= 15 is 0 Å². The van der Waals surface area contributed by atoms with Crippen LogP contribution in [0.15, 0.2) is 30.3 Å². The lowest BCUT2D eigenvalue weighted by atomic mass is 9.79. The van der Waals surface area contributed by atoms with Crippen LogP contribution < -0.4 is 0 Å². The lowest BCUT2D eigenvalue weighted by Crippen LogP contribution is -2.61. The average molecular weight is 335 g/mol. The predicted molar refractivity (Wildman–Crippen MR) is 91.9 cm³/mol. The van der Waals surface area contributed by atoms with E-state index < -0.39 is 5.60 Å². The van der Waals surface area contributed by atoms with Crippen LogP contribution in [0.3, 0.4) is 0 Å². The summed E-state index contributed by atoms with van der Waals surface area (Å²) in [5, 5.41) is 11.0. The van der Waals surface area contributed by atoms with Gasteiger partial charge in [0.15, 0.2) is 0 Å². The van der Waals surface area contributed by atoms with Gasteiger partial charge in [0.1, 0.15) is 0 Å². The first-order chi connectivity index (χ1) is 11.7. The van der Waals surface area contributed by atoms with Crippen molar-refractivity contribution in [1.82, 2.24) is 4.90 Å². The molecule has 0 aromatic heterocycles. The summed E-state index contributed by atoms with van der Waals surface area (Å²) in [6, 6.07) is 11.1. The molecule has 0 radical (unpaired) electrons. The van der Waals surface area contributed by atoms with Gasteiger partial charge >= 0.3 is 0 Å². The number of ether oxygens (including phenoxy) is 3. The van der Waals surface area contributed by atoms with E-state index in [4.69, 9.17) is 14.2 Å². The minimum Gasteiger partial charge on any atom is -0.390 e. The number of rotatable bonds is 8. The number of piperidine rings is 1. The molecule has 2 bridgehead atoms. The van der Waals surface area contributed by atoms with Crippen LogP contribution in [-0.4, -0.2) is 67.8 Å². The second kappa shape index (κ2) is 8.41. The first kappa shape index (κ1) is 17.8. The highest BCUT2D eigenvalue weighted by molar-refractivity contribution is 5.15. The molecule has 2 aliphatic heterocycles. The smallest absolute Gasteiger partial charge is 0.0701 e. The molecule has 0 amide bonds. The van der Waals surface area contributed by atoms with Gasteiger partial charge in [-0.15, -0.1) is 0 Å². The first-order valence-corrected chi connectivity index (χ1v) is 8.87. The van der Waals surface area contributed by atoms with Crippen molar-refractivity contribution in [1.29, 1.82) is 0 Å². The van der Waals surface area contributed by atoms with Gasteiger partial charge in [-0.3, -0.25) is 4.90 Å². The fourth-order valence-corrected chi connectivity index (χ4v) is 3.91. The van der Waals surface area contributed by atoms with E-state index in [2.05, 4.69) is 29.2 Å². The zero-order chi connectivity index (χ0) is 16.8. The SMILES string of the molecule is COCCOCCC1(O)CC2COCC(C1)N2Cc1ccccc1. The number of hydrogen-bond donors (Lipinski definition) is 1. The third-order valence-corrected chi connectivity index (χ3v) is 5.14. The van der Waals surface area contributed by atoms with Crippen LogP contribution in [0.25, 0.3) is 0 Å². The van der Waals surface area contributed by atoms with Crippen LogP contribution >= 0.6 is 0 Å². The summed E-state index contributed by atoms with van der Waals surface area (Å²) in [6.07, 6.45) is 2.19. The molecule has 1 N–H and O–H groups in total. The maximum Gasteiger partial charge on any atom is 0.0701 e. The number of aliphatic hydroxyl groups is 1. The lowest BCUT2D eigenvalue weighted by Gasteiger charge is -2.51. The lowest BCUT2D eigenvalue weighted by molar-refractivity contribution is -0.152. The fraction of sp³-hybridized carbons (Fsp3) is 0.684. The van der Waals surface area contributed by atoms with Crippen molar-refractivity contribution in [2.45, 2.75) is 43.5 Å². The van der Waals surface area contributed by atoms with Crippen molar-refractivity contribution in [2.75, 3.05) is 40.1 Å². The largest absolute Gasteiger partial charge is 0.390 e. The molecule has 2 fully saturated rings. The Labute approximate surface area is 144 Å². The summed E-state index contributed by atoms with van der Waals surface area (Å²) >= 11 is 0. The van der Waals surface area contributed by atoms with Crippen molar-refractivity contribution < 1.29 is 19.3 Å². The molecule has 24 heavy (non-hydrogen) atoms. The molecular formula is C19H29NO4. The van der Waals surface area contributed by atoms with Gasteiger partial charge in [-0.05, 0) is 24.8 Å². The zero-order valence-electron chi connectivity index (χ0n) is 14.5. The summed E-state index contributed by atoms with van der Waals surface area (Å²) in [5.41, 5.74) is 0.682. The van der Waals surface area contributed by atoms with Crippen LogP contribution in [-0.2, 0) is 20.8 Å². The first-order valence-electron chi connectivity index (χ1n) is 8.87. The molecule has 2 heterocycles. The monoisotopic (exact) mass is 335 g/mol. The van der Waals surface area contributed by atoms with Crippen LogP contribution in [0.2, 0.25) is 0 Å². The molecule has 2 atom stereocenters. The number of hydrogen-bond acceptors (Lipinski definition) is 5. The van der Waals surface area contributed by atoms with Gasteiger partial charge in [0.05, 0.1) is 32.0 Å². The molecule has 0 saturated carbocycles. The van der Waals surface area contributed by atoms with Gasteiger partial charge in [0.25, 0.3) is 0 Å². The summed E-state index contributed by atoms with van der Waals surface area (Å²) < 4.78 is 16.3. The minimum absolute atomic E-state index is 0.279. The Balaban J connectivity index is 1.56. The van der Waals surface area contributed by atoms with Crippen molar-refractivity contribution in [2.24, 2.45) is 0 Å². The molecule has 2 aliphatic rings. The minimum atomic E-state index is -0.640. The van der Waals surface area contributed by atoms with E-state index in [-0.39, 0.29) is 12.1 Å². The highest BCUT2D eigenvalue weighted by Gasteiger charge is 2.45. The molecule has 1 aromatic carbocycles. The number of benzene rings is 1. The Bertz CT molecular complexity index is 481. The van der Waals surface area contributed by atoms with Gasteiger partial charge < -0.3 is 19.3 Å². The molecule has 134 valence electrons. The molecule has 1 aromatic rings. The molecule has 0 spiro atoms. The molecular weight excluding hydrogens is 306 g/mol.